The highest BCUT2D eigenvalue weighted by Gasteiger charge is 2.19. The minimum atomic E-state index is 0.234. The first kappa shape index (κ1) is 14.5. The molecule has 0 unspecified atom stereocenters. The van der Waals surface area contributed by atoms with Crippen molar-refractivity contribution in [2.45, 2.75) is 38.3 Å². The number of fused-ring (bicyclic) bond motifs is 1. The van der Waals surface area contributed by atoms with Gasteiger partial charge in [0, 0.05) is 37.3 Å². The number of phenolic OH excluding ortho intramolecular Hbond substituents is 1. The van der Waals surface area contributed by atoms with Gasteiger partial charge in [0.2, 0.25) is 6.79 Å². The Balaban J connectivity index is 1.45. The molecule has 21 heavy (non-hydrogen) atoms. The Hall–Kier alpha value is -1.46. The van der Waals surface area contributed by atoms with E-state index in [4.69, 9.17) is 9.47 Å². The molecule has 0 amide bonds. The van der Waals surface area contributed by atoms with Crippen LogP contribution in [0.15, 0.2) is 12.1 Å². The summed E-state index contributed by atoms with van der Waals surface area (Å²) in [5.41, 5.74) is 0.850. The average Bonchev–Trinajstić information content (AvgIpc) is 3.14. The Kier molecular flexibility index (Phi) is 4.51. The topological polar surface area (TPSA) is 54.0 Å². The van der Waals surface area contributed by atoms with Crippen LogP contribution >= 0.6 is 0 Å². The first-order chi connectivity index (χ1) is 10.2. The van der Waals surface area contributed by atoms with Crippen molar-refractivity contribution in [2.75, 3.05) is 26.9 Å². The summed E-state index contributed by atoms with van der Waals surface area (Å²) in [6.07, 6.45) is 5.40. The number of hydrogen-bond acceptors (Lipinski definition) is 5. The summed E-state index contributed by atoms with van der Waals surface area (Å²) in [6, 6.07) is 4.24. The van der Waals surface area contributed by atoms with Gasteiger partial charge in [-0.3, -0.25) is 0 Å². The number of nitrogens with zero attached hydrogens (tertiary/aromatic N) is 1. The highest BCUT2D eigenvalue weighted by atomic mass is 16.7. The fourth-order valence-electron chi connectivity index (χ4n) is 3.12. The van der Waals surface area contributed by atoms with Crippen molar-refractivity contribution in [3.63, 3.8) is 0 Å². The van der Waals surface area contributed by atoms with E-state index in [1.807, 2.05) is 6.07 Å². The molecule has 2 aliphatic rings. The van der Waals surface area contributed by atoms with Crippen LogP contribution in [-0.2, 0) is 6.54 Å². The fraction of sp³-hybridized carbons (Fsp3) is 0.625. The van der Waals surface area contributed by atoms with Crippen LogP contribution in [-0.4, -0.2) is 43.0 Å². The standard InChI is InChI=1S/C16H24N2O3/c1-18(13-4-2-3-5-13)7-6-17-10-12-8-15-16(9-14(12)19)21-11-20-15/h8-9,13,17,19H,2-7,10-11H2,1H3. The molecular weight excluding hydrogens is 268 g/mol. The monoisotopic (exact) mass is 292 g/mol. The number of likely N-dealkylation sites (N-methyl/N-ethyl adjacent to an activating group) is 1. The van der Waals surface area contributed by atoms with Gasteiger partial charge in [0.15, 0.2) is 11.5 Å². The number of benzene rings is 1. The molecule has 0 saturated heterocycles. The number of nitrogens with one attached hydrogen (secondary N) is 1. The Bertz CT molecular complexity index is 487. The molecule has 0 bridgehead atoms. The van der Waals surface area contributed by atoms with Crippen LogP contribution in [0.3, 0.4) is 0 Å². The Morgan fingerprint density at radius 3 is 2.71 bits per heavy atom. The third-order valence-corrected chi connectivity index (χ3v) is 4.48. The average molecular weight is 292 g/mol. The molecule has 1 aliphatic heterocycles. The molecule has 5 heteroatoms. The minimum Gasteiger partial charge on any atom is -0.507 e. The van der Waals surface area contributed by atoms with E-state index in [9.17, 15) is 5.11 Å². The second-order valence-corrected chi connectivity index (χ2v) is 5.93. The molecule has 0 aromatic heterocycles. The molecule has 1 fully saturated rings. The van der Waals surface area contributed by atoms with Gasteiger partial charge in [-0.15, -0.1) is 0 Å². The van der Waals surface area contributed by atoms with Crippen LogP contribution in [0.1, 0.15) is 31.2 Å². The molecule has 0 atom stereocenters. The van der Waals surface area contributed by atoms with Crippen LogP contribution in [0, 0.1) is 0 Å². The Morgan fingerprint density at radius 2 is 1.95 bits per heavy atom. The van der Waals surface area contributed by atoms with Gasteiger partial charge in [-0.2, -0.15) is 0 Å². The molecule has 1 aliphatic carbocycles. The molecule has 0 spiro atoms. The van der Waals surface area contributed by atoms with Gasteiger partial charge in [-0.1, -0.05) is 12.8 Å². The van der Waals surface area contributed by atoms with Gasteiger partial charge >= 0.3 is 0 Å². The first-order valence-electron chi connectivity index (χ1n) is 7.76. The third kappa shape index (κ3) is 3.41. The molecule has 3 rings (SSSR count). The molecule has 116 valence electrons. The maximum Gasteiger partial charge on any atom is 0.231 e. The van der Waals surface area contributed by atoms with Crippen molar-refractivity contribution in [1.82, 2.24) is 10.2 Å². The molecule has 1 aromatic carbocycles. The van der Waals surface area contributed by atoms with E-state index >= 15 is 0 Å². The van der Waals surface area contributed by atoms with Gasteiger partial charge in [-0.05, 0) is 26.0 Å². The second kappa shape index (κ2) is 6.54. The lowest BCUT2D eigenvalue weighted by atomic mass is 10.1. The van der Waals surface area contributed by atoms with E-state index in [0.29, 0.717) is 18.0 Å². The SMILES string of the molecule is CN(CCNCc1cc2c(cc1O)OCO2)C1CCCC1. The van der Waals surface area contributed by atoms with Crippen LogP contribution in [0.5, 0.6) is 17.2 Å². The van der Waals surface area contributed by atoms with Crippen molar-refractivity contribution >= 4 is 0 Å². The maximum absolute atomic E-state index is 9.97. The molecular formula is C16H24N2O3. The summed E-state index contributed by atoms with van der Waals surface area (Å²) in [6.45, 7) is 2.83. The lowest BCUT2D eigenvalue weighted by Crippen LogP contribution is -2.35. The minimum absolute atomic E-state index is 0.234. The van der Waals surface area contributed by atoms with Gasteiger partial charge < -0.3 is 24.8 Å². The number of phenols is 1. The molecule has 1 aromatic rings. The van der Waals surface area contributed by atoms with Crippen molar-refractivity contribution < 1.29 is 14.6 Å². The van der Waals surface area contributed by atoms with Crippen molar-refractivity contribution in [3.05, 3.63) is 17.7 Å². The largest absolute Gasteiger partial charge is 0.507 e. The Morgan fingerprint density at radius 1 is 1.24 bits per heavy atom. The van der Waals surface area contributed by atoms with Crippen LogP contribution in [0.25, 0.3) is 0 Å². The summed E-state index contributed by atoms with van der Waals surface area (Å²) in [4.78, 5) is 2.44. The van der Waals surface area contributed by atoms with Gasteiger partial charge in [0.1, 0.15) is 5.75 Å². The highest BCUT2D eigenvalue weighted by Crippen LogP contribution is 2.37. The quantitative estimate of drug-likeness (QED) is 0.786. The predicted octanol–water partition coefficient (Wildman–Crippen LogP) is 2.08. The summed E-state index contributed by atoms with van der Waals surface area (Å²) in [5.74, 6) is 1.60. The zero-order valence-corrected chi connectivity index (χ0v) is 12.6. The van der Waals surface area contributed by atoms with E-state index in [2.05, 4.69) is 17.3 Å². The van der Waals surface area contributed by atoms with Gasteiger partial charge in [0.25, 0.3) is 0 Å². The van der Waals surface area contributed by atoms with Crippen LogP contribution in [0.2, 0.25) is 0 Å². The molecule has 5 nitrogen and oxygen atoms in total. The van der Waals surface area contributed by atoms with E-state index in [0.717, 1.165) is 24.7 Å². The summed E-state index contributed by atoms with van der Waals surface area (Å²) in [5, 5.41) is 13.4. The fourth-order valence-corrected chi connectivity index (χ4v) is 3.12. The molecule has 1 heterocycles. The summed E-state index contributed by atoms with van der Waals surface area (Å²) < 4.78 is 10.6. The van der Waals surface area contributed by atoms with Crippen LogP contribution < -0.4 is 14.8 Å². The highest BCUT2D eigenvalue weighted by molar-refractivity contribution is 5.51. The van der Waals surface area contributed by atoms with Gasteiger partial charge in [-0.25, -0.2) is 0 Å². The Labute approximate surface area is 125 Å². The number of rotatable bonds is 6. The molecule has 0 radical (unpaired) electrons. The van der Waals surface area contributed by atoms with Gasteiger partial charge in [0.05, 0.1) is 0 Å². The maximum atomic E-state index is 9.97. The van der Waals surface area contributed by atoms with Crippen LogP contribution in [0.4, 0.5) is 0 Å². The molecule has 1 saturated carbocycles. The van der Waals surface area contributed by atoms with E-state index < -0.39 is 0 Å². The van der Waals surface area contributed by atoms with Crippen molar-refractivity contribution in [3.8, 4) is 17.2 Å². The lowest BCUT2D eigenvalue weighted by molar-refractivity contribution is 0.174. The van der Waals surface area contributed by atoms with Crippen molar-refractivity contribution in [1.29, 1.82) is 0 Å². The van der Waals surface area contributed by atoms with E-state index in [1.54, 1.807) is 6.07 Å². The predicted molar refractivity (Wildman–Crippen MR) is 80.8 cm³/mol. The van der Waals surface area contributed by atoms with Crippen molar-refractivity contribution in [2.24, 2.45) is 0 Å². The smallest absolute Gasteiger partial charge is 0.231 e. The number of hydrogen-bond donors (Lipinski definition) is 2. The first-order valence-corrected chi connectivity index (χ1v) is 7.76. The second-order valence-electron chi connectivity index (χ2n) is 5.93. The zero-order chi connectivity index (χ0) is 14.7. The third-order valence-electron chi connectivity index (χ3n) is 4.48. The number of aromatic hydroxyl groups is 1. The zero-order valence-electron chi connectivity index (χ0n) is 12.6. The van der Waals surface area contributed by atoms with E-state index in [1.165, 1.54) is 25.7 Å². The number of ether oxygens (including phenoxy) is 2. The normalized spacial score (nSPS) is 17.8. The van der Waals surface area contributed by atoms with E-state index in [-0.39, 0.29) is 12.5 Å². The summed E-state index contributed by atoms with van der Waals surface area (Å²) in [7, 11) is 2.20. The lowest BCUT2D eigenvalue weighted by Gasteiger charge is -2.24. The summed E-state index contributed by atoms with van der Waals surface area (Å²) >= 11 is 0. The molecule has 2 N–H and O–H groups in total.